The van der Waals surface area contributed by atoms with Gasteiger partial charge in [-0.25, -0.2) is 5.90 Å². The molecule has 0 fully saturated rings. The van der Waals surface area contributed by atoms with Crippen LogP contribution in [0.3, 0.4) is 0 Å². The molecule has 17 heavy (non-hydrogen) atoms. The van der Waals surface area contributed by atoms with E-state index in [1.165, 1.54) is 0 Å². The molecule has 0 aromatic heterocycles. The fourth-order valence-corrected chi connectivity index (χ4v) is 2.27. The van der Waals surface area contributed by atoms with E-state index in [-0.39, 0.29) is 24.4 Å². The van der Waals surface area contributed by atoms with Gasteiger partial charge in [0.05, 0.1) is 24.9 Å². The number of nitrogens with two attached hydrogens (primary N) is 1. The summed E-state index contributed by atoms with van der Waals surface area (Å²) >= 11 is 0. The molecule has 5 atom stereocenters. The number of ether oxygens (including phenoxy) is 1. The molecule has 0 spiro atoms. The summed E-state index contributed by atoms with van der Waals surface area (Å²) < 4.78 is 5.82. The van der Waals surface area contributed by atoms with E-state index >= 15 is 0 Å². The van der Waals surface area contributed by atoms with Gasteiger partial charge >= 0.3 is 0 Å². The quantitative estimate of drug-likeness (QED) is 0.575. The first-order valence-corrected chi connectivity index (χ1v) is 6.43. The van der Waals surface area contributed by atoms with Gasteiger partial charge in [0.2, 0.25) is 0 Å². The van der Waals surface area contributed by atoms with Gasteiger partial charge in [0.15, 0.2) is 0 Å². The molecule has 7 nitrogen and oxygen atoms in total. The van der Waals surface area contributed by atoms with Crippen molar-refractivity contribution in [3.63, 3.8) is 0 Å². The first-order valence-electron chi connectivity index (χ1n) is 5.51. The van der Waals surface area contributed by atoms with Crippen LogP contribution in [-0.2, 0) is 9.57 Å². The zero-order valence-electron chi connectivity index (χ0n) is 10.2. The fourth-order valence-electron chi connectivity index (χ4n) is 1.56. The number of hydrogen-bond donors (Lipinski definition) is 2. The Bertz CT molecular complexity index is 269. The molecule has 1 aliphatic heterocycles. The number of aliphatic hydroxyl groups excluding tert-OH is 1. The molecule has 0 saturated carbocycles. The highest BCUT2D eigenvalue weighted by Crippen LogP contribution is 2.26. The molecule has 0 radical (unpaired) electrons. The molecule has 0 aromatic rings. The van der Waals surface area contributed by atoms with Gasteiger partial charge in [0.1, 0.15) is 6.10 Å². The minimum Gasteiger partial charge on any atom is -0.391 e. The summed E-state index contributed by atoms with van der Waals surface area (Å²) in [5.41, 5.74) is 0.152. The lowest BCUT2D eigenvalue weighted by Gasteiger charge is -2.29. The van der Waals surface area contributed by atoms with Gasteiger partial charge in [0, 0.05) is 14.0 Å². The number of aliphatic hydroxyl groups is 1. The molecular weight excluding hydrogens is 243 g/mol. The third kappa shape index (κ3) is 4.37. The number of hydrogen-bond acceptors (Lipinski definition) is 7. The van der Waals surface area contributed by atoms with Gasteiger partial charge < -0.3 is 14.7 Å². The maximum atomic E-state index is 9.58. The van der Waals surface area contributed by atoms with E-state index in [0.717, 1.165) is 8.37 Å². The van der Waals surface area contributed by atoms with Crippen molar-refractivity contribution in [3.8, 4) is 0 Å². The topological polar surface area (TPSA) is 102 Å². The van der Waals surface area contributed by atoms with Crippen molar-refractivity contribution < 1.29 is 14.7 Å². The van der Waals surface area contributed by atoms with Gasteiger partial charge in [-0.1, -0.05) is 6.92 Å². The molecule has 1 heterocycles. The molecule has 8 heteroatoms. The lowest BCUT2D eigenvalue weighted by atomic mass is 10.1. The average molecular weight is 262 g/mol. The van der Waals surface area contributed by atoms with E-state index in [4.69, 9.17) is 10.6 Å². The van der Waals surface area contributed by atoms with E-state index in [9.17, 15) is 5.11 Å². The van der Waals surface area contributed by atoms with E-state index in [2.05, 4.69) is 20.0 Å². The van der Waals surface area contributed by atoms with Crippen LogP contribution in [0.2, 0.25) is 0 Å². The normalized spacial score (nSPS) is 33.1. The Hall–Kier alpha value is -0.460. The summed E-state index contributed by atoms with van der Waals surface area (Å²) in [6.45, 7) is 5.69. The van der Waals surface area contributed by atoms with Crippen molar-refractivity contribution in [3.05, 3.63) is 0 Å². The predicted octanol–water partition coefficient (Wildman–Crippen LogP) is 1.30. The molecular formula is C9H19N4O3P. The first-order chi connectivity index (χ1) is 8.06. The van der Waals surface area contributed by atoms with Crippen LogP contribution in [0.25, 0.3) is 0 Å². The largest absolute Gasteiger partial charge is 0.391 e. The van der Waals surface area contributed by atoms with E-state index in [0.29, 0.717) is 0 Å². The van der Waals surface area contributed by atoms with Gasteiger partial charge in [-0.05, 0) is 19.1 Å². The lowest BCUT2D eigenvalue weighted by molar-refractivity contribution is -0.109. The van der Waals surface area contributed by atoms with Crippen LogP contribution < -0.4 is 5.90 Å². The van der Waals surface area contributed by atoms with Crippen molar-refractivity contribution in [2.24, 2.45) is 21.1 Å². The van der Waals surface area contributed by atoms with Crippen LogP contribution in [0.15, 0.2) is 15.2 Å². The summed E-state index contributed by atoms with van der Waals surface area (Å²) in [5, 5.41) is 17.3. The molecule has 0 bridgehead atoms. The molecule has 5 unspecified atom stereocenters. The van der Waals surface area contributed by atoms with Crippen molar-refractivity contribution in [1.29, 1.82) is 0 Å². The molecule has 0 aromatic carbocycles. The molecule has 0 aliphatic carbocycles. The number of rotatable bonds is 5. The highest BCUT2D eigenvalue weighted by atomic mass is 31.1. The van der Waals surface area contributed by atoms with Crippen molar-refractivity contribution in [2.45, 2.75) is 50.8 Å². The number of nitrogens with zero attached hydrogens (tertiary/aromatic N) is 3. The molecule has 0 saturated heterocycles. The molecule has 98 valence electrons. The maximum absolute atomic E-state index is 9.58. The third-order valence-corrected chi connectivity index (χ3v) is 3.43. The predicted molar refractivity (Wildman–Crippen MR) is 63.6 cm³/mol. The lowest BCUT2D eigenvalue weighted by Crippen LogP contribution is -2.42. The second kappa shape index (κ2) is 7.08. The summed E-state index contributed by atoms with van der Waals surface area (Å²) in [6.07, 6.45) is -1.30. The zero-order valence-corrected chi connectivity index (χ0v) is 11.1. The molecule has 1 aliphatic rings. The minimum absolute atomic E-state index is 0.109. The second-order valence-electron chi connectivity index (χ2n) is 4.10. The van der Waals surface area contributed by atoms with E-state index < -0.39 is 12.2 Å². The highest BCUT2D eigenvalue weighted by molar-refractivity contribution is 7.27. The zero-order chi connectivity index (χ0) is 12.8. The van der Waals surface area contributed by atoms with Crippen molar-refractivity contribution in [1.82, 2.24) is 0 Å². The van der Waals surface area contributed by atoms with Crippen molar-refractivity contribution in [2.75, 3.05) is 6.61 Å². The Morgan fingerprint density at radius 2 is 2.18 bits per heavy atom. The van der Waals surface area contributed by atoms with E-state index in [1.54, 1.807) is 6.92 Å². The van der Waals surface area contributed by atoms with Crippen LogP contribution in [0, 0.1) is 0 Å². The summed E-state index contributed by atoms with van der Waals surface area (Å²) in [6, 6.07) is -0.109. The van der Waals surface area contributed by atoms with Crippen LogP contribution >= 0.6 is 8.37 Å². The average Bonchev–Trinajstić information content (AvgIpc) is 2.42. The summed E-state index contributed by atoms with van der Waals surface area (Å²) in [4.78, 5) is 8.43. The van der Waals surface area contributed by atoms with Gasteiger partial charge in [0.25, 0.3) is 0 Å². The Morgan fingerprint density at radius 3 is 2.76 bits per heavy atom. The van der Waals surface area contributed by atoms with Crippen molar-refractivity contribution >= 4 is 8.37 Å². The fraction of sp³-hybridized carbons (Fsp3) is 1.00. The maximum Gasteiger partial charge on any atom is 0.109 e. The molecule has 1 rings (SSSR count). The Morgan fingerprint density at radius 1 is 1.47 bits per heavy atom. The Labute approximate surface area is 102 Å². The van der Waals surface area contributed by atoms with Gasteiger partial charge in [-0.2, -0.15) is 5.11 Å². The Balaban J connectivity index is 2.68. The standard InChI is InChI=1S/C9H19N4O3P/c1-5-9(7(3)17-13-12-11-5)16-8(4-15-10)6(2)14/h5-9,14H,4,10H2,1-3H3. The Kier molecular flexibility index (Phi) is 6.08. The molecule has 0 amide bonds. The summed E-state index contributed by atoms with van der Waals surface area (Å²) in [7, 11) is 0.812. The third-order valence-electron chi connectivity index (χ3n) is 2.59. The monoisotopic (exact) mass is 262 g/mol. The molecule has 3 N–H and O–H groups in total. The van der Waals surface area contributed by atoms with Crippen LogP contribution in [0.5, 0.6) is 0 Å². The van der Waals surface area contributed by atoms with Gasteiger partial charge in [-0.15, -0.1) is 4.85 Å². The van der Waals surface area contributed by atoms with Crippen LogP contribution in [-0.4, -0.2) is 41.7 Å². The first kappa shape index (κ1) is 14.6. The minimum atomic E-state index is -0.660. The highest BCUT2D eigenvalue weighted by Gasteiger charge is 2.30. The van der Waals surface area contributed by atoms with Gasteiger partial charge in [-0.3, -0.25) is 0 Å². The summed E-state index contributed by atoms with van der Waals surface area (Å²) in [5.74, 6) is 5.02. The van der Waals surface area contributed by atoms with Crippen LogP contribution in [0.1, 0.15) is 20.8 Å². The van der Waals surface area contributed by atoms with E-state index in [1.807, 2.05) is 13.8 Å². The SMILES string of the molecule is CC(O)C(CON)OC1C(C)N=NN=PC1C. The second-order valence-corrected chi connectivity index (χ2v) is 5.33. The smallest absolute Gasteiger partial charge is 0.109 e. The van der Waals surface area contributed by atoms with Crippen LogP contribution in [0.4, 0.5) is 0 Å².